The number of piperidine rings is 1. The first kappa shape index (κ1) is 25.8. The van der Waals surface area contributed by atoms with Gasteiger partial charge in [0.25, 0.3) is 5.91 Å². The van der Waals surface area contributed by atoms with Gasteiger partial charge in [0.15, 0.2) is 0 Å². The average molecular weight is 509 g/mol. The molecular weight excluding hydrogens is 476 g/mol. The number of hydrogen-bond acceptors (Lipinski definition) is 4. The number of nitrogens with zero attached hydrogens (tertiary/aromatic N) is 4. The number of aromatic nitrogens is 2. The number of aryl methyl sites for hydroxylation is 2. The van der Waals surface area contributed by atoms with Gasteiger partial charge in [-0.1, -0.05) is 48.0 Å². The molecule has 1 aromatic heterocycles. The van der Waals surface area contributed by atoms with Crippen LogP contribution in [0.25, 0.3) is 0 Å². The third-order valence-electron chi connectivity index (χ3n) is 6.75. The van der Waals surface area contributed by atoms with Crippen LogP contribution in [0.5, 0.6) is 5.75 Å². The number of ether oxygens (including phenoxy) is 1. The zero-order valence-corrected chi connectivity index (χ0v) is 21.9. The third kappa shape index (κ3) is 6.26. The van der Waals surface area contributed by atoms with Crippen molar-refractivity contribution < 1.29 is 14.3 Å². The van der Waals surface area contributed by atoms with Gasteiger partial charge >= 0.3 is 0 Å². The largest absolute Gasteiger partial charge is 0.493 e. The first-order valence-electron chi connectivity index (χ1n) is 12.2. The molecule has 0 unspecified atom stereocenters. The molecule has 2 heterocycles. The minimum absolute atomic E-state index is 0.0282. The molecule has 2 aromatic carbocycles. The fraction of sp³-hybridized carbons (Fsp3) is 0.393. The van der Waals surface area contributed by atoms with Crippen LogP contribution in [0.1, 0.15) is 40.9 Å². The maximum Gasteiger partial charge on any atom is 0.257 e. The van der Waals surface area contributed by atoms with Gasteiger partial charge in [-0.3, -0.25) is 14.3 Å². The molecule has 2 amide bonds. The molecule has 0 N–H and O–H groups in total. The van der Waals surface area contributed by atoms with E-state index in [9.17, 15) is 9.59 Å². The number of carbonyl (C=O) groups excluding carboxylic acids is 2. The molecule has 3 aromatic rings. The highest BCUT2D eigenvalue weighted by atomic mass is 35.5. The maximum atomic E-state index is 13.4. The lowest BCUT2D eigenvalue weighted by Crippen LogP contribution is -2.50. The van der Waals surface area contributed by atoms with Gasteiger partial charge in [-0.25, -0.2) is 0 Å². The highest BCUT2D eigenvalue weighted by molar-refractivity contribution is 6.30. The summed E-state index contributed by atoms with van der Waals surface area (Å²) in [4.78, 5) is 30.4. The quantitative estimate of drug-likeness (QED) is 0.441. The minimum Gasteiger partial charge on any atom is -0.493 e. The van der Waals surface area contributed by atoms with Gasteiger partial charge in [-0.2, -0.15) is 5.10 Å². The van der Waals surface area contributed by atoms with Gasteiger partial charge in [-0.15, -0.1) is 0 Å². The molecule has 36 heavy (non-hydrogen) atoms. The Bertz CT molecular complexity index is 1210. The summed E-state index contributed by atoms with van der Waals surface area (Å²) in [7, 11) is 3.63. The van der Waals surface area contributed by atoms with Gasteiger partial charge in [0.1, 0.15) is 5.75 Å². The molecule has 8 heteroatoms. The van der Waals surface area contributed by atoms with Crippen molar-refractivity contribution >= 4 is 23.4 Å². The Morgan fingerprint density at radius 1 is 1.17 bits per heavy atom. The number of amides is 2. The van der Waals surface area contributed by atoms with Gasteiger partial charge in [0.05, 0.1) is 17.9 Å². The second-order valence-electron chi connectivity index (χ2n) is 9.79. The first-order valence-corrected chi connectivity index (χ1v) is 12.6. The van der Waals surface area contributed by atoms with E-state index in [-0.39, 0.29) is 18.2 Å². The molecular formula is C28H33ClN4O3. The fourth-order valence-electron chi connectivity index (χ4n) is 4.87. The number of hydrogen-bond donors (Lipinski definition) is 0. The van der Waals surface area contributed by atoms with Crippen molar-refractivity contribution in [3.63, 3.8) is 0 Å². The lowest BCUT2D eigenvalue weighted by Gasteiger charge is -2.42. The summed E-state index contributed by atoms with van der Waals surface area (Å²) in [6.45, 7) is 3.76. The SMILES string of the molecule is Cc1nn(C)cc1C(=O)N1CCC[C@](COc2cccc(Cl)c2)(CC(=O)N(C)Cc2ccccc2)C1. The van der Waals surface area contributed by atoms with E-state index in [1.807, 2.05) is 68.4 Å². The Labute approximate surface area is 217 Å². The molecule has 7 nitrogen and oxygen atoms in total. The van der Waals surface area contributed by atoms with Gasteiger partial charge in [0.2, 0.25) is 5.91 Å². The second-order valence-corrected chi connectivity index (χ2v) is 10.2. The van der Waals surface area contributed by atoms with Crippen molar-refractivity contribution in [1.82, 2.24) is 19.6 Å². The van der Waals surface area contributed by atoms with E-state index in [0.29, 0.717) is 48.3 Å². The molecule has 0 aliphatic carbocycles. The summed E-state index contributed by atoms with van der Waals surface area (Å²) >= 11 is 6.15. The minimum atomic E-state index is -0.519. The van der Waals surface area contributed by atoms with Crippen LogP contribution >= 0.6 is 11.6 Å². The summed E-state index contributed by atoms with van der Waals surface area (Å²) in [5, 5.41) is 4.92. The smallest absolute Gasteiger partial charge is 0.257 e. The maximum absolute atomic E-state index is 13.4. The summed E-state index contributed by atoms with van der Waals surface area (Å²) in [6.07, 6.45) is 3.62. The van der Waals surface area contributed by atoms with Crippen molar-refractivity contribution in [2.75, 3.05) is 26.7 Å². The van der Waals surface area contributed by atoms with Gasteiger partial charge < -0.3 is 14.5 Å². The summed E-state index contributed by atoms with van der Waals surface area (Å²) in [6, 6.07) is 17.2. The topological polar surface area (TPSA) is 67.7 Å². The third-order valence-corrected chi connectivity index (χ3v) is 6.98. The molecule has 0 bridgehead atoms. The van der Waals surface area contributed by atoms with Crippen molar-refractivity contribution in [3.8, 4) is 5.75 Å². The van der Waals surface area contributed by atoms with Crippen LogP contribution in [0, 0.1) is 12.3 Å². The summed E-state index contributed by atoms with van der Waals surface area (Å²) in [5.74, 6) is 0.622. The Kier molecular flexibility index (Phi) is 7.99. The number of benzene rings is 2. The molecule has 0 spiro atoms. The Morgan fingerprint density at radius 2 is 1.94 bits per heavy atom. The molecule has 1 saturated heterocycles. The predicted molar refractivity (Wildman–Crippen MR) is 140 cm³/mol. The van der Waals surface area contributed by atoms with Crippen LogP contribution in [0.3, 0.4) is 0 Å². The van der Waals surface area contributed by atoms with Crippen LogP contribution < -0.4 is 4.74 Å². The van der Waals surface area contributed by atoms with E-state index < -0.39 is 5.41 Å². The number of rotatable bonds is 8. The molecule has 1 fully saturated rings. The summed E-state index contributed by atoms with van der Waals surface area (Å²) in [5.41, 5.74) is 1.85. The van der Waals surface area contributed by atoms with Crippen LogP contribution in [-0.4, -0.2) is 58.1 Å². The van der Waals surface area contributed by atoms with E-state index >= 15 is 0 Å². The molecule has 0 saturated carbocycles. The Hall–Kier alpha value is -3.32. The van der Waals surface area contributed by atoms with Crippen LogP contribution in [0.15, 0.2) is 60.8 Å². The Morgan fingerprint density at radius 3 is 2.64 bits per heavy atom. The van der Waals surface area contributed by atoms with Crippen molar-refractivity contribution in [2.24, 2.45) is 12.5 Å². The zero-order chi connectivity index (χ0) is 25.7. The van der Waals surface area contributed by atoms with E-state index in [0.717, 1.165) is 18.4 Å². The van der Waals surface area contributed by atoms with Crippen LogP contribution in [0.4, 0.5) is 0 Å². The predicted octanol–water partition coefficient (Wildman–Crippen LogP) is 4.73. The van der Waals surface area contributed by atoms with E-state index in [1.165, 1.54) is 0 Å². The van der Waals surface area contributed by atoms with Gasteiger partial charge in [0, 0.05) is 56.8 Å². The fourth-order valence-corrected chi connectivity index (χ4v) is 5.05. The lowest BCUT2D eigenvalue weighted by molar-refractivity contribution is -0.134. The first-order chi connectivity index (χ1) is 17.2. The van der Waals surface area contributed by atoms with Crippen molar-refractivity contribution in [2.45, 2.75) is 32.7 Å². The number of carbonyl (C=O) groups is 2. The van der Waals surface area contributed by atoms with Crippen molar-refractivity contribution in [1.29, 1.82) is 0 Å². The molecule has 0 radical (unpaired) electrons. The molecule has 1 atom stereocenters. The molecule has 4 rings (SSSR count). The zero-order valence-electron chi connectivity index (χ0n) is 21.1. The monoisotopic (exact) mass is 508 g/mol. The Balaban J connectivity index is 1.54. The standard InChI is InChI=1S/C28H33ClN4O3/c1-21-25(18-32(3)30-21)27(35)33-14-8-13-28(19-33,20-36-24-12-7-11-23(29)15-24)16-26(34)31(2)17-22-9-5-4-6-10-22/h4-7,9-12,15,18H,8,13-14,16-17,19-20H2,1-3H3/t28-/m0/s1. The lowest BCUT2D eigenvalue weighted by atomic mass is 9.77. The van der Waals surface area contributed by atoms with Crippen molar-refractivity contribution in [3.05, 3.63) is 82.6 Å². The van der Waals surface area contributed by atoms with E-state index in [1.54, 1.807) is 27.9 Å². The van der Waals surface area contributed by atoms with Crippen LogP contribution in [-0.2, 0) is 18.4 Å². The highest BCUT2D eigenvalue weighted by Gasteiger charge is 2.41. The summed E-state index contributed by atoms with van der Waals surface area (Å²) < 4.78 is 7.84. The van der Waals surface area contributed by atoms with E-state index in [4.69, 9.17) is 16.3 Å². The molecule has 1 aliphatic heterocycles. The van der Waals surface area contributed by atoms with E-state index in [2.05, 4.69) is 5.10 Å². The molecule has 1 aliphatic rings. The van der Waals surface area contributed by atoms with Crippen LogP contribution in [0.2, 0.25) is 5.02 Å². The highest BCUT2D eigenvalue weighted by Crippen LogP contribution is 2.36. The number of likely N-dealkylation sites (tertiary alicyclic amines) is 1. The average Bonchev–Trinajstić information content (AvgIpc) is 3.20. The van der Waals surface area contributed by atoms with Gasteiger partial charge in [-0.05, 0) is 43.5 Å². The number of halogens is 1. The molecule has 190 valence electrons. The normalized spacial score (nSPS) is 17.6. The second kappa shape index (κ2) is 11.2.